The second-order valence-corrected chi connectivity index (χ2v) is 18.7. The highest BCUT2D eigenvalue weighted by molar-refractivity contribution is 9.10. The molecule has 0 radical (unpaired) electrons. The molecule has 2 atom stereocenters. The fraction of sp³-hybridized carbons (Fsp3) is 0. The molecule has 0 amide bonds. The van der Waals surface area contributed by atoms with E-state index in [-0.39, 0.29) is 0 Å². The van der Waals surface area contributed by atoms with Crippen molar-refractivity contribution >= 4 is 79.2 Å². The highest BCUT2D eigenvalue weighted by Crippen LogP contribution is 2.77. The molecule has 0 spiro atoms. The Balaban J connectivity index is 1.48. The van der Waals surface area contributed by atoms with Gasteiger partial charge in [0.2, 0.25) is 0 Å². The fourth-order valence-corrected chi connectivity index (χ4v) is 12.6. The van der Waals surface area contributed by atoms with Gasteiger partial charge in [0.15, 0.2) is 0 Å². The van der Waals surface area contributed by atoms with Crippen molar-refractivity contribution in [2.45, 2.75) is 0 Å². The zero-order valence-electron chi connectivity index (χ0n) is 28.1. The van der Waals surface area contributed by atoms with Gasteiger partial charge in [0.1, 0.15) is 34.5 Å². The molecule has 276 valence electrons. The number of nitrogens with two attached hydrogens (primary N) is 4. The first-order valence-electron chi connectivity index (χ1n) is 16.0. The fourth-order valence-electron chi connectivity index (χ4n) is 4.55. The summed E-state index contributed by atoms with van der Waals surface area (Å²) in [5, 5.41) is 0. The van der Waals surface area contributed by atoms with Crippen LogP contribution >= 0.6 is 56.4 Å². The highest BCUT2D eigenvalue weighted by atomic mass is 79.9. The third-order valence-electron chi connectivity index (χ3n) is 7.19. The number of nitrogen functional groups attached to an aromatic ring is 4. The predicted molar refractivity (Wildman–Crippen MR) is 222 cm³/mol. The van der Waals surface area contributed by atoms with Gasteiger partial charge in [-0.05, 0) is 146 Å². The first kappa shape index (κ1) is 37.6. The molecule has 2 unspecified atom stereocenters. The molecule has 1 aliphatic rings. The van der Waals surface area contributed by atoms with Crippen LogP contribution in [-0.4, -0.2) is 9.21 Å². The van der Waals surface area contributed by atoms with Crippen molar-refractivity contribution in [3.05, 3.63) is 155 Å². The van der Waals surface area contributed by atoms with Gasteiger partial charge in [-0.3, -0.25) is 0 Å². The van der Waals surface area contributed by atoms with E-state index in [9.17, 15) is 0 Å². The number of rotatable bonds is 12. The van der Waals surface area contributed by atoms with Gasteiger partial charge < -0.3 is 50.7 Å². The highest BCUT2D eigenvalue weighted by Gasteiger charge is 2.58. The molecular weight excluding hydrogens is 879 g/mol. The maximum absolute atomic E-state index is 6.93. The van der Waals surface area contributed by atoms with Crippen molar-refractivity contribution < 1.29 is 27.8 Å². The molecule has 0 aliphatic carbocycles. The summed E-state index contributed by atoms with van der Waals surface area (Å²) in [7, 11) is -8.42. The van der Waals surface area contributed by atoms with Crippen molar-refractivity contribution in [3.63, 3.8) is 0 Å². The minimum atomic E-state index is -3.92. The first-order valence-corrected chi connectivity index (χ1v) is 21.4. The minimum absolute atomic E-state index is 0.383. The molecule has 0 bridgehead atoms. The Morgan fingerprint density at radius 2 is 0.796 bits per heavy atom. The molecule has 6 aromatic carbocycles. The SMILES string of the molecule is Nc1ccc(ON2P(Oc3ccc(N)cc3)N=P(Oc3ccc(Br)cc3)(Oc3ccc(Br)cc3)N(Oc3ccc(N)cc3)P2Oc2ccc(N)cc2)cc1. The van der Waals surface area contributed by atoms with E-state index in [0.29, 0.717) is 57.2 Å². The van der Waals surface area contributed by atoms with Gasteiger partial charge in [-0.2, -0.15) is 0 Å². The third-order valence-corrected chi connectivity index (χ3v) is 15.1. The summed E-state index contributed by atoms with van der Waals surface area (Å²) < 4.78 is 37.3. The molecule has 54 heavy (non-hydrogen) atoms. The maximum Gasteiger partial charge on any atom is 0.447 e. The van der Waals surface area contributed by atoms with Crippen LogP contribution in [0, 0.1) is 0 Å². The number of benzene rings is 6. The first-order chi connectivity index (χ1) is 26.1. The van der Waals surface area contributed by atoms with E-state index >= 15 is 0 Å². The smallest absolute Gasteiger partial charge is 0.440 e. The molecule has 0 saturated heterocycles. The van der Waals surface area contributed by atoms with Gasteiger partial charge in [0.25, 0.3) is 0 Å². The molecule has 18 heteroatoms. The molecule has 6 aromatic rings. The summed E-state index contributed by atoms with van der Waals surface area (Å²) in [6.07, 6.45) is 0. The van der Waals surface area contributed by atoms with E-state index in [1.165, 1.54) is 9.21 Å². The number of halogens is 2. The van der Waals surface area contributed by atoms with Crippen LogP contribution in [0.25, 0.3) is 0 Å². The van der Waals surface area contributed by atoms with Crippen molar-refractivity contribution in [1.29, 1.82) is 0 Å². The van der Waals surface area contributed by atoms with E-state index in [1.807, 2.05) is 24.3 Å². The Labute approximate surface area is 331 Å². The monoisotopic (exact) mass is 909 g/mol. The van der Waals surface area contributed by atoms with Crippen LogP contribution in [0.2, 0.25) is 0 Å². The third kappa shape index (κ3) is 9.32. The van der Waals surface area contributed by atoms with Crippen molar-refractivity contribution in [2.24, 2.45) is 4.52 Å². The lowest BCUT2D eigenvalue weighted by Gasteiger charge is -2.43. The van der Waals surface area contributed by atoms with Crippen molar-refractivity contribution in [1.82, 2.24) is 9.21 Å². The Kier molecular flexibility index (Phi) is 11.7. The van der Waals surface area contributed by atoms with E-state index in [4.69, 9.17) is 55.2 Å². The zero-order valence-corrected chi connectivity index (χ0v) is 33.9. The van der Waals surface area contributed by atoms with Crippen molar-refractivity contribution in [3.8, 4) is 34.5 Å². The van der Waals surface area contributed by atoms with Gasteiger partial charge in [-0.15, -0.1) is 4.52 Å². The molecular formula is C36H32Br2N7O6P3. The zero-order chi connectivity index (χ0) is 37.7. The van der Waals surface area contributed by atoms with Crippen LogP contribution in [0.15, 0.2) is 159 Å². The second-order valence-electron chi connectivity index (χ2n) is 11.3. The second kappa shape index (κ2) is 16.8. The van der Waals surface area contributed by atoms with Crippen LogP contribution in [0.1, 0.15) is 0 Å². The lowest BCUT2D eigenvalue weighted by Crippen LogP contribution is -2.37. The molecule has 0 saturated carbocycles. The van der Waals surface area contributed by atoms with E-state index in [1.54, 1.807) is 121 Å². The Bertz CT molecular complexity index is 2170. The minimum Gasteiger partial charge on any atom is -0.440 e. The molecule has 8 N–H and O–H groups in total. The summed E-state index contributed by atoms with van der Waals surface area (Å²) in [5.41, 5.74) is 26.4. The number of hydrogen-bond donors (Lipinski definition) is 4. The number of anilines is 4. The quantitative estimate of drug-likeness (QED) is 0.0676. The summed E-state index contributed by atoms with van der Waals surface area (Å²) in [4.78, 5) is 13.4. The molecule has 0 fully saturated rings. The standard InChI is InChI=1S/C36H32Br2N7O6P3/c37-25-1-13-35(14-2-25)50-54(51-36-15-3-26(38)4-16-36)43-52(48-33-21-9-29(41)10-22-33)44(46-31-17-5-27(39)6-18-31)53(49-34-23-11-30(42)12-24-34)45(54)47-32-19-7-28(40)8-20-32/h1-24H,39-42H2. The van der Waals surface area contributed by atoms with E-state index < -0.39 is 24.6 Å². The summed E-state index contributed by atoms with van der Waals surface area (Å²) >= 11 is 7.04. The summed E-state index contributed by atoms with van der Waals surface area (Å²) in [6.45, 7) is 0. The number of nitrogens with zero attached hydrogens (tertiary/aromatic N) is 3. The van der Waals surface area contributed by atoms with Gasteiger partial charge in [-0.1, -0.05) is 31.9 Å². The average Bonchev–Trinajstić information content (AvgIpc) is 3.16. The van der Waals surface area contributed by atoms with Gasteiger partial charge >= 0.3 is 24.6 Å². The molecule has 0 aromatic heterocycles. The van der Waals surface area contributed by atoms with E-state index in [0.717, 1.165) is 8.95 Å². The van der Waals surface area contributed by atoms with Gasteiger partial charge in [0, 0.05) is 40.9 Å². The average molecular weight is 911 g/mol. The van der Waals surface area contributed by atoms with E-state index in [2.05, 4.69) is 31.9 Å². The maximum atomic E-state index is 6.93. The van der Waals surface area contributed by atoms with Gasteiger partial charge in [0.05, 0.1) is 0 Å². The lowest BCUT2D eigenvalue weighted by atomic mass is 10.3. The Morgan fingerprint density at radius 3 is 1.22 bits per heavy atom. The Hall–Kier alpha value is -4.71. The van der Waals surface area contributed by atoms with Crippen molar-refractivity contribution in [2.75, 3.05) is 22.9 Å². The van der Waals surface area contributed by atoms with Gasteiger partial charge in [-0.25, -0.2) is 0 Å². The van der Waals surface area contributed by atoms with Crippen LogP contribution in [0.5, 0.6) is 34.5 Å². The normalized spacial score (nSPS) is 16.8. The Morgan fingerprint density at radius 1 is 0.444 bits per heavy atom. The molecule has 1 aliphatic heterocycles. The number of hydrogen-bond acceptors (Lipinski definition) is 13. The van der Waals surface area contributed by atoms with Crippen LogP contribution in [0.3, 0.4) is 0 Å². The van der Waals surface area contributed by atoms with Crippen LogP contribution in [0.4, 0.5) is 22.7 Å². The molecule has 7 rings (SSSR count). The summed E-state index contributed by atoms with van der Waals surface area (Å²) in [5.74, 6) is 2.54. The summed E-state index contributed by atoms with van der Waals surface area (Å²) in [6, 6.07) is 42.1. The largest absolute Gasteiger partial charge is 0.447 e. The van der Waals surface area contributed by atoms with Crippen LogP contribution < -0.4 is 50.7 Å². The predicted octanol–water partition coefficient (Wildman–Crippen LogP) is 11.2. The van der Waals surface area contributed by atoms with Crippen LogP contribution in [-0.2, 0) is 0 Å². The lowest BCUT2D eigenvalue weighted by molar-refractivity contribution is 0.0546. The molecule has 1 heterocycles. The molecule has 13 nitrogen and oxygen atoms in total. The topological polar surface area (TPSA) is 178 Å².